The van der Waals surface area contributed by atoms with Crippen LogP contribution in [0.3, 0.4) is 0 Å². The van der Waals surface area contributed by atoms with Crippen molar-refractivity contribution in [2.45, 2.75) is 64.1 Å². The van der Waals surface area contributed by atoms with Crippen LogP contribution in [0, 0.1) is 29.3 Å². The molecule has 0 saturated heterocycles. The standard InChI is InChI=1S/C24H24F6O/c1-2-3-13-4-6-16-14(10-13)5-7-19-18(16)9-8-17(22(19)27)15-11-20(25)23(21(26)12-15)31-24(28,29)30/h8-9,11-14,16H,2-7,10H2,1H3. The first-order valence-electron chi connectivity index (χ1n) is 10.7. The van der Waals surface area contributed by atoms with Crippen molar-refractivity contribution in [3.8, 4) is 16.9 Å². The predicted molar refractivity (Wildman–Crippen MR) is 105 cm³/mol. The molecular formula is C24H24F6O. The van der Waals surface area contributed by atoms with Gasteiger partial charge >= 0.3 is 6.36 Å². The van der Waals surface area contributed by atoms with Gasteiger partial charge in [-0.05, 0) is 78.7 Å². The molecular weight excluding hydrogens is 418 g/mol. The molecule has 1 nitrogen and oxygen atoms in total. The van der Waals surface area contributed by atoms with Gasteiger partial charge < -0.3 is 4.74 Å². The Morgan fingerprint density at radius 1 is 1.00 bits per heavy atom. The van der Waals surface area contributed by atoms with E-state index in [1.165, 1.54) is 12.5 Å². The first-order chi connectivity index (χ1) is 14.7. The Balaban J connectivity index is 1.65. The summed E-state index contributed by atoms with van der Waals surface area (Å²) in [6.45, 7) is 2.19. The highest BCUT2D eigenvalue weighted by Crippen LogP contribution is 2.49. The highest BCUT2D eigenvalue weighted by molar-refractivity contribution is 5.67. The van der Waals surface area contributed by atoms with Crippen LogP contribution in [0.1, 0.15) is 62.5 Å². The summed E-state index contributed by atoms with van der Waals surface area (Å²) in [5.74, 6) is -3.61. The zero-order valence-corrected chi connectivity index (χ0v) is 17.2. The molecule has 3 unspecified atom stereocenters. The van der Waals surface area contributed by atoms with Crippen LogP contribution >= 0.6 is 0 Å². The Kier molecular flexibility index (Phi) is 5.97. The number of ether oxygens (including phenoxy) is 1. The summed E-state index contributed by atoms with van der Waals surface area (Å²) in [6, 6.07) is 4.65. The molecule has 4 rings (SSSR count). The highest BCUT2D eigenvalue weighted by atomic mass is 19.4. The maximum Gasteiger partial charge on any atom is 0.573 e. The molecule has 7 heteroatoms. The largest absolute Gasteiger partial charge is 0.573 e. The Morgan fingerprint density at radius 3 is 2.35 bits per heavy atom. The molecule has 2 aromatic rings. The average Bonchev–Trinajstić information content (AvgIpc) is 2.70. The van der Waals surface area contributed by atoms with Gasteiger partial charge in [0.15, 0.2) is 11.6 Å². The predicted octanol–water partition coefficient (Wildman–Crippen LogP) is 7.92. The number of halogens is 6. The van der Waals surface area contributed by atoms with Crippen LogP contribution in [0.5, 0.6) is 5.75 Å². The van der Waals surface area contributed by atoms with Crippen LogP contribution in [0.4, 0.5) is 26.3 Å². The van der Waals surface area contributed by atoms with E-state index in [0.717, 1.165) is 43.6 Å². The van der Waals surface area contributed by atoms with Crippen molar-refractivity contribution >= 4 is 0 Å². The quantitative estimate of drug-likeness (QED) is 0.437. The molecule has 0 aromatic heterocycles. The highest BCUT2D eigenvalue weighted by Gasteiger charge is 2.37. The lowest BCUT2D eigenvalue weighted by molar-refractivity contribution is -0.276. The van der Waals surface area contributed by atoms with Crippen molar-refractivity contribution in [3.05, 3.63) is 52.8 Å². The van der Waals surface area contributed by atoms with Crippen molar-refractivity contribution in [2.24, 2.45) is 11.8 Å². The number of rotatable bonds is 4. The molecule has 0 amide bonds. The molecule has 0 heterocycles. The molecule has 31 heavy (non-hydrogen) atoms. The fourth-order valence-electron chi connectivity index (χ4n) is 5.48. The van der Waals surface area contributed by atoms with E-state index >= 15 is 4.39 Å². The fourth-order valence-corrected chi connectivity index (χ4v) is 5.48. The second kappa shape index (κ2) is 8.40. The van der Waals surface area contributed by atoms with E-state index in [9.17, 15) is 22.0 Å². The minimum Gasteiger partial charge on any atom is -0.399 e. The van der Waals surface area contributed by atoms with Crippen LogP contribution in [-0.2, 0) is 6.42 Å². The molecule has 0 bridgehead atoms. The van der Waals surface area contributed by atoms with Crippen LogP contribution in [-0.4, -0.2) is 6.36 Å². The number of alkyl halides is 3. The van der Waals surface area contributed by atoms with Gasteiger partial charge in [-0.2, -0.15) is 0 Å². The Labute approximate surface area is 177 Å². The second-order valence-electron chi connectivity index (χ2n) is 8.68. The van der Waals surface area contributed by atoms with E-state index in [2.05, 4.69) is 11.7 Å². The molecule has 3 atom stereocenters. The van der Waals surface area contributed by atoms with Gasteiger partial charge in [0.05, 0.1) is 0 Å². The fraction of sp³-hybridized carbons (Fsp3) is 0.500. The molecule has 0 aliphatic heterocycles. The van der Waals surface area contributed by atoms with Gasteiger partial charge in [0.25, 0.3) is 0 Å². The zero-order valence-electron chi connectivity index (χ0n) is 17.2. The van der Waals surface area contributed by atoms with Crippen molar-refractivity contribution in [1.82, 2.24) is 0 Å². The maximum atomic E-state index is 15.4. The SMILES string of the molecule is CCCC1CCC2c3ccc(-c4cc(F)c(OC(F)(F)F)c(F)c4)c(F)c3CCC2C1. The normalized spacial score (nSPS) is 23.3. The summed E-state index contributed by atoms with van der Waals surface area (Å²) in [5.41, 5.74) is 1.35. The minimum atomic E-state index is -5.23. The van der Waals surface area contributed by atoms with E-state index in [1.54, 1.807) is 0 Å². The number of benzene rings is 2. The molecule has 0 N–H and O–H groups in total. The van der Waals surface area contributed by atoms with Gasteiger partial charge in [0.2, 0.25) is 5.75 Å². The van der Waals surface area contributed by atoms with Crippen molar-refractivity contribution in [1.29, 1.82) is 0 Å². The molecule has 1 fully saturated rings. The van der Waals surface area contributed by atoms with E-state index < -0.39 is 29.6 Å². The molecule has 0 spiro atoms. The average molecular weight is 442 g/mol. The lowest BCUT2D eigenvalue weighted by atomic mass is 9.64. The molecule has 168 valence electrons. The van der Waals surface area contributed by atoms with Gasteiger partial charge in [0.1, 0.15) is 5.82 Å². The third kappa shape index (κ3) is 4.41. The van der Waals surface area contributed by atoms with E-state index in [4.69, 9.17) is 0 Å². The van der Waals surface area contributed by atoms with Crippen molar-refractivity contribution < 1.29 is 31.1 Å². The molecule has 2 aliphatic carbocycles. The van der Waals surface area contributed by atoms with E-state index in [1.807, 2.05) is 6.07 Å². The third-order valence-corrected chi connectivity index (χ3v) is 6.76. The Hall–Kier alpha value is -2.18. The number of hydrogen-bond acceptors (Lipinski definition) is 1. The van der Waals surface area contributed by atoms with Gasteiger partial charge in [-0.25, -0.2) is 13.2 Å². The topological polar surface area (TPSA) is 9.23 Å². The first kappa shape index (κ1) is 22.0. The lowest BCUT2D eigenvalue weighted by Gasteiger charge is -2.41. The summed E-state index contributed by atoms with van der Waals surface area (Å²) in [4.78, 5) is 0. The molecule has 1 saturated carbocycles. The first-order valence-corrected chi connectivity index (χ1v) is 10.7. The molecule has 2 aromatic carbocycles. The molecule has 2 aliphatic rings. The maximum absolute atomic E-state index is 15.4. The second-order valence-corrected chi connectivity index (χ2v) is 8.68. The van der Waals surface area contributed by atoms with Gasteiger partial charge in [-0.15, -0.1) is 13.2 Å². The summed E-state index contributed by atoms with van der Waals surface area (Å²) < 4.78 is 84.1. The zero-order chi connectivity index (χ0) is 22.3. The van der Waals surface area contributed by atoms with Gasteiger partial charge in [0, 0.05) is 5.56 Å². The minimum absolute atomic E-state index is 0.0202. The summed E-state index contributed by atoms with van der Waals surface area (Å²) >= 11 is 0. The van der Waals surface area contributed by atoms with E-state index in [-0.39, 0.29) is 17.0 Å². The van der Waals surface area contributed by atoms with Crippen molar-refractivity contribution in [2.75, 3.05) is 0 Å². The monoisotopic (exact) mass is 442 g/mol. The number of hydrogen-bond donors (Lipinski definition) is 0. The summed E-state index contributed by atoms with van der Waals surface area (Å²) in [6.07, 6.45) is 1.85. The number of fused-ring (bicyclic) bond motifs is 3. The Bertz CT molecular complexity index is 944. The van der Waals surface area contributed by atoms with Crippen LogP contribution in [0.15, 0.2) is 24.3 Å². The Morgan fingerprint density at radius 2 is 1.71 bits per heavy atom. The van der Waals surface area contributed by atoms with Gasteiger partial charge in [-0.1, -0.05) is 31.9 Å². The van der Waals surface area contributed by atoms with Gasteiger partial charge in [-0.3, -0.25) is 0 Å². The summed E-state index contributed by atoms with van der Waals surface area (Å²) in [5, 5.41) is 0. The van der Waals surface area contributed by atoms with Crippen LogP contribution in [0.2, 0.25) is 0 Å². The van der Waals surface area contributed by atoms with Crippen LogP contribution in [0.25, 0.3) is 11.1 Å². The third-order valence-electron chi connectivity index (χ3n) is 6.76. The molecule has 0 radical (unpaired) electrons. The smallest absolute Gasteiger partial charge is 0.399 e. The van der Waals surface area contributed by atoms with Crippen molar-refractivity contribution in [3.63, 3.8) is 0 Å². The van der Waals surface area contributed by atoms with Crippen LogP contribution < -0.4 is 4.74 Å². The van der Waals surface area contributed by atoms with E-state index in [0.29, 0.717) is 30.0 Å². The summed E-state index contributed by atoms with van der Waals surface area (Å²) in [7, 11) is 0. The lowest BCUT2D eigenvalue weighted by Crippen LogP contribution is -2.28.